The van der Waals surface area contributed by atoms with Gasteiger partial charge in [0.05, 0.1) is 7.11 Å². The third-order valence-electron chi connectivity index (χ3n) is 3.19. The van der Waals surface area contributed by atoms with Crippen LogP contribution in [0.2, 0.25) is 0 Å². The summed E-state index contributed by atoms with van der Waals surface area (Å²) >= 11 is 0. The Kier molecular flexibility index (Phi) is 5.51. The molecule has 1 atom stereocenters. The van der Waals surface area contributed by atoms with Crippen molar-refractivity contribution in [3.05, 3.63) is 40.7 Å². The van der Waals surface area contributed by atoms with Crippen LogP contribution in [-0.2, 0) is 27.3 Å². The zero-order chi connectivity index (χ0) is 12.5. The average molecular weight is 459 g/mol. The quantitative estimate of drug-likeness (QED) is 0.499. The van der Waals surface area contributed by atoms with E-state index in [2.05, 4.69) is 5.32 Å². The van der Waals surface area contributed by atoms with Crippen molar-refractivity contribution in [1.29, 1.82) is 0 Å². The zero-order valence-electron chi connectivity index (χ0n) is 10.5. The fourth-order valence-corrected chi connectivity index (χ4v) is 2.12. The molecule has 18 heavy (non-hydrogen) atoms. The van der Waals surface area contributed by atoms with Gasteiger partial charge in [0, 0.05) is 49.6 Å². The van der Waals surface area contributed by atoms with E-state index in [1.807, 2.05) is 24.3 Å². The van der Waals surface area contributed by atoms with E-state index in [9.17, 15) is 9.59 Å². The summed E-state index contributed by atoms with van der Waals surface area (Å²) in [6, 6.07) is 7.70. The van der Waals surface area contributed by atoms with Crippen molar-refractivity contribution < 1.29 is 58.4 Å². The van der Waals surface area contributed by atoms with Gasteiger partial charge < -0.3 is 14.8 Å². The molecule has 0 aliphatic carbocycles. The molecule has 4 nitrogen and oxygen atoms in total. The number of carbonyl (C=O) groups excluding carboxylic acids is 2. The summed E-state index contributed by atoms with van der Waals surface area (Å²) in [5.74, 6) is -0.835. The second-order valence-corrected chi connectivity index (χ2v) is 4.17. The number of methoxy groups -OCH3 is 1. The summed E-state index contributed by atoms with van der Waals surface area (Å²) in [7, 11) is 1.28. The van der Waals surface area contributed by atoms with Crippen LogP contribution in [0.5, 0.6) is 0 Å². The monoisotopic (exact) mass is 459 g/mol. The molecule has 0 N–H and O–H groups in total. The molecule has 93 valence electrons. The van der Waals surface area contributed by atoms with Gasteiger partial charge in [-0.25, -0.2) is 0 Å². The fourth-order valence-electron chi connectivity index (χ4n) is 2.12. The summed E-state index contributed by atoms with van der Waals surface area (Å²) in [4.78, 5) is 23.5. The molecule has 0 bridgehead atoms. The number of hydrogen-bond donors (Lipinski definition) is 0. The fraction of sp³-hybridized carbons (Fsp3) is 0.385. The molecule has 5 heteroatoms. The van der Waals surface area contributed by atoms with Crippen molar-refractivity contribution in [2.45, 2.75) is 25.4 Å². The number of nitrogens with zero attached hydrogens (tertiary/aromatic N) is 1. The molecule has 1 aliphatic rings. The summed E-state index contributed by atoms with van der Waals surface area (Å²) in [5.41, 5.74) is 0.708. The van der Waals surface area contributed by atoms with Crippen molar-refractivity contribution in [2.24, 2.45) is 0 Å². The van der Waals surface area contributed by atoms with Crippen LogP contribution in [0.15, 0.2) is 24.3 Å². The molecule has 0 amide bonds. The van der Waals surface area contributed by atoms with Crippen molar-refractivity contribution in [3.63, 3.8) is 0 Å². The number of benzene rings is 1. The van der Waals surface area contributed by atoms with Gasteiger partial charge in [0.1, 0.15) is 5.78 Å². The van der Waals surface area contributed by atoms with Crippen molar-refractivity contribution in [2.75, 3.05) is 7.11 Å². The molecule has 0 fully saturated rings. The topological polar surface area (TPSA) is 57.5 Å². The second kappa shape index (κ2) is 6.27. The second-order valence-electron chi connectivity index (χ2n) is 4.17. The van der Waals surface area contributed by atoms with Crippen molar-refractivity contribution >= 4 is 11.8 Å². The van der Waals surface area contributed by atoms with Gasteiger partial charge in [-0.05, 0) is 18.9 Å². The van der Waals surface area contributed by atoms with E-state index >= 15 is 0 Å². The molecule has 1 aromatic rings. The molecule has 2 rings (SSSR count). The molecule has 1 radical (unpaired) electrons. The number of carbonyl (C=O) groups is 2. The standard InChI is InChI=1S/C13H14NO3.Ac/c1-9(15)13(12(16)17-2)7-10-5-3-4-6-11(10)8-14-13;/h3-6H,7-8H2,1-2H3;/q-1;. The number of hydrogen-bond acceptors (Lipinski definition) is 3. The molecule has 0 aromatic heterocycles. The molecular weight excluding hydrogens is 445 g/mol. The summed E-state index contributed by atoms with van der Waals surface area (Å²) in [6.07, 6.45) is 0.297. The van der Waals surface area contributed by atoms with E-state index in [1.54, 1.807) is 0 Å². The first-order valence-electron chi connectivity index (χ1n) is 5.45. The Morgan fingerprint density at radius 2 is 1.89 bits per heavy atom. The van der Waals surface area contributed by atoms with E-state index in [4.69, 9.17) is 4.74 Å². The first-order chi connectivity index (χ1) is 8.10. The van der Waals surface area contributed by atoms with Gasteiger partial charge >= 0.3 is 0 Å². The minimum Gasteiger partial charge on any atom is -0.637 e. The van der Waals surface area contributed by atoms with E-state index in [1.165, 1.54) is 14.0 Å². The smallest absolute Gasteiger partial charge is 0.298 e. The first-order valence-corrected chi connectivity index (χ1v) is 5.45. The minimum atomic E-state index is -1.34. The molecule has 0 spiro atoms. The van der Waals surface area contributed by atoms with Crippen LogP contribution < -0.4 is 0 Å². The van der Waals surface area contributed by atoms with Crippen LogP contribution in [0.4, 0.5) is 0 Å². The molecule has 1 aromatic carbocycles. The Morgan fingerprint density at radius 3 is 2.44 bits per heavy atom. The van der Waals surface area contributed by atoms with Crippen molar-refractivity contribution in [1.82, 2.24) is 0 Å². The number of esters is 1. The van der Waals surface area contributed by atoms with Crippen LogP contribution >= 0.6 is 0 Å². The van der Waals surface area contributed by atoms with E-state index < -0.39 is 11.5 Å². The van der Waals surface area contributed by atoms with Crippen molar-refractivity contribution in [3.8, 4) is 0 Å². The molecule has 1 unspecified atom stereocenters. The Bertz CT molecular complexity index is 475. The van der Waals surface area contributed by atoms with Crippen LogP contribution in [0.1, 0.15) is 18.1 Å². The van der Waals surface area contributed by atoms with Gasteiger partial charge in [0.2, 0.25) is 0 Å². The average Bonchev–Trinajstić information content (AvgIpc) is 2.36. The van der Waals surface area contributed by atoms with E-state index in [-0.39, 0.29) is 49.8 Å². The third-order valence-corrected chi connectivity index (χ3v) is 3.19. The molecule has 1 aliphatic heterocycles. The van der Waals surface area contributed by atoms with Crippen LogP contribution in [0, 0.1) is 44.1 Å². The van der Waals surface area contributed by atoms with Crippen LogP contribution in [-0.4, -0.2) is 24.4 Å². The van der Waals surface area contributed by atoms with Gasteiger partial charge in [0.25, 0.3) is 5.97 Å². The van der Waals surface area contributed by atoms with E-state index in [0.717, 1.165) is 11.1 Å². The van der Waals surface area contributed by atoms with Gasteiger partial charge in [0.15, 0.2) is 0 Å². The Balaban J connectivity index is 0.00000162. The predicted molar refractivity (Wildman–Crippen MR) is 62.6 cm³/mol. The summed E-state index contributed by atoms with van der Waals surface area (Å²) in [6.45, 7) is 1.76. The normalized spacial score (nSPS) is 21.4. The Labute approximate surface area is 142 Å². The van der Waals surface area contributed by atoms with Crippen LogP contribution in [0.3, 0.4) is 0 Å². The molecule has 0 saturated carbocycles. The molecular formula is C13H14AcNO3-. The Hall–Kier alpha value is -0.238. The predicted octanol–water partition coefficient (Wildman–Crippen LogP) is 1.62. The number of rotatable bonds is 2. The largest absolute Gasteiger partial charge is 0.637 e. The zero-order valence-corrected chi connectivity index (χ0v) is 15.2. The SMILES string of the molecule is COC(=O)C1(C(C)=O)Cc2ccccc2C[N-]1.[Ac]. The maximum atomic E-state index is 11.8. The van der Waals surface area contributed by atoms with Crippen LogP contribution in [0.25, 0.3) is 5.32 Å². The van der Waals surface area contributed by atoms with Gasteiger partial charge in [-0.2, -0.15) is 0 Å². The minimum absolute atomic E-state index is 0. The van der Waals surface area contributed by atoms with Gasteiger partial charge in [-0.1, -0.05) is 29.8 Å². The maximum absolute atomic E-state index is 11.8. The first kappa shape index (κ1) is 15.8. The summed E-state index contributed by atoms with van der Waals surface area (Å²) < 4.78 is 4.72. The molecule has 0 saturated heterocycles. The van der Waals surface area contributed by atoms with Gasteiger partial charge in [-0.15, -0.1) is 6.54 Å². The number of Topliss-reactive ketones (excluding diaryl/α,β-unsaturated/α-hetero) is 1. The number of ketones is 1. The number of ether oxygens (including phenoxy) is 1. The summed E-state index contributed by atoms with van der Waals surface area (Å²) in [5, 5.41) is 4.25. The van der Waals surface area contributed by atoms with Gasteiger partial charge in [-0.3, -0.25) is 4.79 Å². The van der Waals surface area contributed by atoms with E-state index in [0.29, 0.717) is 13.0 Å². The number of fused-ring (bicyclic) bond motifs is 1. The third kappa shape index (κ3) is 2.69. The maximum Gasteiger partial charge on any atom is 0.298 e. The Morgan fingerprint density at radius 1 is 1.28 bits per heavy atom. The molecule has 1 heterocycles.